The van der Waals surface area contributed by atoms with E-state index in [-0.39, 0.29) is 18.1 Å². The van der Waals surface area contributed by atoms with Gasteiger partial charge in [-0.1, -0.05) is 19.1 Å². The van der Waals surface area contributed by atoms with Crippen LogP contribution in [0, 0.1) is 12.8 Å². The quantitative estimate of drug-likeness (QED) is 0.413. The molecule has 2 aromatic heterocycles. The molecule has 0 saturated carbocycles. The molecule has 1 aliphatic rings. The summed E-state index contributed by atoms with van der Waals surface area (Å²) in [5.74, 6) is -3.78. The summed E-state index contributed by atoms with van der Waals surface area (Å²) in [7, 11) is 1.51. The Labute approximate surface area is 213 Å². The summed E-state index contributed by atoms with van der Waals surface area (Å²) in [6, 6.07) is 6.32. The standard InChI is InChI=1S/C24H24F5N5O2S/c1-13-8-23(25,26)12-34(17(13)9-31-19-11-30-18(10-32-19)24(27,28)29)22(35)20-21(37-14(2)33-20)15-5-4-6-16(7-15)36-3/h4-7,10-11,13,17H,8-9,12H2,1-3H3,(H,31,32)/t13-,17?/m1/s1. The number of aryl methyl sites for hydroxylation is 1. The molecular formula is C24H24F5N5O2S. The highest BCUT2D eigenvalue weighted by Crippen LogP contribution is 2.38. The van der Waals surface area contributed by atoms with Crippen molar-refractivity contribution in [2.75, 3.05) is 25.5 Å². The van der Waals surface area contributed by atoms with E-state index in [0.29, 0.717) is 27.4 Å². The number of alkyl halides is 5. The number of nitrogens with one attached hydrogen (secondary N) is 1. The van der Waals surface area contributed by atoms with Crippen molar-refractivity contribution < 1.29 is 31.5 Å². The van der Waals surface area contributed by atoms with Gasteiger partial charge in [0.05, 0.1) is 42.0 Å². The minimum atomic E-state index is -4.63. The van der Waals surface area contributed by atoms with Crippen LogP contribution in [-0.2, 0) is 6.18 Å². The first-order valence-electron chi connectivity index (χ1n) is 11.3. The van der Waals surface area contributed by atoms with Gasteiger partial charge >= 0.3 is 6.18 Å². The van der Waals surface area contributed by atoms with Gasteiger partial charge in [0.1, 0.15) is 17.3 Å². The fraction of sp³-hybridized carbons (Fsp3) is 0.417. The number of thiazole rings is 1. The lowest BCUT2D eigenvalue weighted by Crippen LogP contribution is -2.57. The Kier molecular flexibility index (Phi) is 7.36. The number of amides is 1. The Morgan fingerprint density at radius 1 is 1.27 bits per heavy atom. The number of halogens is 5. The van der Waals surface area contributed by atoms with Crippen LogP contribution in [0.5, 0.6) is 5.75 Å². The molecule has 1 fully saturated rings. The summed E-state index contributed by atoms with van der Waals surface area (Å²) in [4.78, 5) is 26.8. The molecule has 1 saturated heterocycles. The van der Waals surface area contributed by atoms with Crippen molar-refractivity contribution in [2.45, 2.75) is 38.4 Å². The van der Waals surface area contributed by atoms with Crippen molar-refractivity contribution in [2.24, 2.45) is 5.92 Å². The van der Waals surface area contributed by atoms with E-state index in [9.17, 15) is 26.7 Å². The molecule has 3 aromatic rings. The SMILES string of the molecule is COc1cccc(-c2sc(C)nc2C(=O)N2CC(F)(F)C[C@@H](C)C2CNc2cnc(C(F)(F)F)cn2)c1. The number of carbonyl (C=O) groups excluding carboxylic acids is 1. The Morgan fingerprint density at radius 3 is 2.68 bits per heavy atom. The van der Waals surface area contributed by atoms with Crippen LogP contribution in [0.1, 0.15) is 34.5 Å². The van der Waals surface area contributed by atoms with E-state index in [1.165, 1.54) is 18.4 Å². The van der Waals surface area contributed by atoms with Crippen LogP contribution in [0.2, 0.25) is 0 Å². The van der Waals surface area contributed by atoms with Crippen molar-refractivity contribution in [1.29, 1.82) is 0 Å². The van der Waals surface area contributed by atoms with E-state index in [1.807, 2.05) is 0 Å². The second-order valence-electron chi connectivity index (χ2n) is 8.85. The molecule has 7 nitrogen and oxygen atoms in total. The molecule has 1 amide bonds. The largest absolute Gasteiger partial charge is 0.497 e. The van der Waals surface area contributed by atoms with Gasteiger partial charge in [-0.2, -0.15) is 13.2 Å². The zero-order valence-corrected chi connectivity index (χ0v) is 21.0. The van der Waals surface area contributed by atoms with Gasteiger partial charge < -0.3 is 15.0 Å². The molecule has 1 N–H and O–H groups in total. The number of ether oxygens (including phenoxy) is 1. The lowest BCUT2D eigenvalue weighted by molar-refractivity contribution is -0.141. The van der Waals surface area contributed by atoms with Crippen molar-refractivity contribution in [3.05, 3.63) is 53.1 Å². The maximum absolute atomic E-state index is 14.6. The Hall–Kier alpha value is -3.35. The fourth-order valence-corrected chi connectivity index (χ4v) is 5.23. The molecular weight excluding hydrogens is 517 g/mol. The van der Waals surface area contributed by atoms with E-state index in [0.717, 1.165) is 11.1 Å². The molecule has 0 spiro atoms. The van der Waals surface area contributed by atoms with Gasteiger partial charge in [0, 0.05) is 13.0 Å². The fourth-order valence-electron chi connectivity index (χ4n) is 4.32. The second-order valence-corrected chi connectivity index (χ2v) is 10.0. The number of methoxy groups -OCH3 is 1. The van der Waals surface area contributed by atoms with E-state index in [2.05, 4.69) is 20.3 Å². The zero-order chi connectivity index (χ0) is 27.0. The molecule has 3 heterocycles. The number of anilines is 1. The normalized spacial score (nSPS) is 19.5. The topological polar surface area (TPSA) is 80.2 Å². The number of nitrogens with zero attached hydrogens (tertiary/aromatic N) is 4. The Morgan fingerprint density at radius 2 is 2.03 bits per heavy atom. The van der Waals surface area contributed by atoms with E-state index >= 15 is 0 Å². The van der Waals surface area contributed by atoms with Gasteiger partial charge in [0.2, 0.25) is 0 Å². The molecule has 1 unspecified atom stereocenters. The number of hydrogen-bond acceptors (Lipinski definition) is 7. The summed E-state index contributed by atoms with van der Waals surface area (Å²) in [6.07, 6.45) is -3.57. The molecule has 4 rings (SSSR count). The van der Waals surface area contributed by atoms with E-state index < -0.39 is 48.6 Å². The van der Waals surface area contributed by atoms with Crippen molar-refractivity contribution in [1.82, 2.24) is 19.9 Å². The van der Waals surface area contributed by atoms with Gasteiger partial charge in [-0.05, 0) is 30.5 Å². The van der Waals surface area contributed by atoms with Crippen LogP contribution < -0.4 is 10.1 Å². The molecule has 0 bridgehead atoms. The number of rotatable bonds is 6. The first-order valence-corrected chi connectivity index (χ1v) is 12.1. The molecule has 198 valence electrons. The monoisotopic (exact) mass is 541 g/mol. The number of benzene rings is 1. The number of aromatic nitrogens is 3. The first kappa shape index (κ1) is 26.7. The predicted octanol–water partition coefficient (Wildman–Crippen LogP) is 5.53. The maximum Gasteiger partial charge on any atom is 0.434 e. The molecule has 1 aromatic carbocycles. The highest BCUT2D eigenvalue weighted by atomic mass is 32.1. The molecule has 0 radical (unpaired) electrons. The van der Waals surface area contributed by atoms with Crippen LogP contribution in [0.25, 0.3) is 10.4 Å². The summed E-state index contributed by atoms with van der Waals surface area (Å²) in [5, 5.41) is 3.43. The lowest BCUT2D eigenvalue weighted by atomic mass is 9.88. The van der Waals surface area contributed by atoms with Gasteiger partial charge in [-0.15, -0.1) is 11.3 Å². The smallest absolute Gasteiger partial charge is 0.434 e. The minimum absolute atomic E-state index is 0.0133. The molecule has 13 heteroatoms. The zero-order valence-electron chi connectivity index (χ0n) is 20.1. The van der Waals surface area contributed by atoms with Crippen LogP contribution in [0.15, 0.2) is 36.7 Å². The van der Waals surface area contributed by atoms with Gasteiger partial charge in [-0.3, -0.25) is 4.79 Å². The average molecular weight is 542 g/mol. The summed E-state index contributed by atoms with van der Waals surface area (Å²) < 4.78 is 72.8. The minimum Gasteiger partial charge on any atom is -0.497 e. The number of likely N-dealkylation sites (tertiary alicyclic amines) is 1. The highest BCUT2D eigenvalue weighted by molar-refractivity contribution is 7.15. The van der Waals surface area contributed by atoms with Crippen LogP contribution in [-0.4, -0.2) is 57.9 Å². The van der Waals surface area contributed by atoms with Crippen LogP contribution in [0.3, 0.4) is 0 Å². The van der Waals surface area contributed by atoms with E-state index in [1.54, 1.807) is 38.1 Å². The summed E-state index contributed by atoms with van der Waals surface area (Å²) in [5.41, 5.74) is -0.427. The number of carbonyl (C=O) groups is 1. The molecule has 0 aliphatic carbocycles. The van der Waals surface area contributed by atoms with Gasteiger partial charge in [-0.25, -0.2) is 23.7 Å². The third kappa shape index (κ3) is 5.97. The third-order valence-electron chi connectivity index (χ3n) is 6.04. The van der Waals surface area contributed by atoms with E-state index in [4.69, 9.17) is 4.74 Å². The van der Waals surface area contributed by atoms with Gasteiger partial charge in [0.15, 0.2) is 5.69 Å². The predicted molar refractivity (Wildman–Crippen MR) is 128 cm³/mol. The Bertz CT molecular complexity index is 1270. The van der Waals surface area contributed by atoms with Crippen LogP contribution in [0.4, 0.5) is 27.8 Å². The van der Waals surface area contributed by atoms with Crippen molar-refractivity contribution in [3.8, 4) is 16.2 Å². The van der Waals surface area contributed by atoms with Crippen LogP contribution >= 0.6 is 11.3 Å². The maximum atomic E-state index is 14.6. The molecule has 37 heavy (non-hydrogen) atoms. The third-order valence-corrected chi connectivity index (χ3v) is 7.06. The Balaban J connectivity index is 1.62. The van der Waals surface area contributed by atoms with Crippen molar-refractivity contribution >= 4 is 23.1 Å². The number of hydrogen-bond donors (Lipinski definition) is 1. The van der Waals surface area contributed by atoms with Gasteiger partial charge in [0.25, 0.3) is 11.8 Å². The summed E-state index contributed by atoms with van der Waals surface area (Å²) >= 11 is 1.27. The highest BCUT2D eigenvalue weighted by Gasteiger charge is 2.47. The lowest BCUT2D eigenvalue weighted by Gasteiger charge is -2.43. The van der Waals surface area contributed by atoms with Crippen molar-refractivity contribution in [3.63, 3.8) is 0 Å². The summed E-state index contributed by atoms with van der Waals surface area (Å²) in [6.45, 7) is 2.50. The number of piperidine rings is 1. The molecule has 1 aliphatic heterocycles. The average Bonchev–Trinajstić information content (AvgIpc) is 3.23. The first-order chi connectivity index (χ1) is 17.4. The second kappa shape index (κ2) is 10.2. The molecule has 2 atom stereocenters.